The molecule has 0 unspecified atom stereocenters. The van der Waals surface area contributed by atoms with E-state index < -0.39 is 35.6 Å². The van der Waals surface area contributed by atoms with Gasteiger partial charge in [-0.25, -0.2) is 0 Å². The van der Waals surface area contributed by atoms with Gasteiger partial charge in [-0.2, -0.15) is 10.1 Å². The highest BCUT2D eigenvalue weighted by molar-refractivity contribution is 6.44. The standard InChI is InChI=1S/C30H32F3N5O4/c1-29(20-9-6-5-7-10-20,26(39)19-37(4)23-12-8-11-22(17-23)36(2)3)34-28(41)25-18-27(40)38(35-25)21-13-15-24(16-14-21)42-30(31,32)33/h5-17,26,39H,18-19H2,1-4H3,(H,34,41)/t26-,29+/m1/s1. The highest BCUT2D eigenvalue weighted by Crippen LogP contribution is 2.30. The van der Waals surface area contributed by atoms with E-state index in [-0.39, 0.29) is 24.4 Å². The number of carbonyl (C=O) groups excluding carboxylic acids is 2. The minimum atomic E-state index is -4.85. The number of carbonyl (C=O) groups is 2. The van der Waals surface area contributed by atoms with E-state index in [0.29, 0.717) is 5.56 Å². The Morgan fingerprint density at radius 1 is 1.02 bits per heavy atom. The Bertz CT molecular complexity index is 1450. The summed E-state index contributed by atoms with van der Waals surface area (Å²) in [6.45, 7) is 1.86. The van der Waals surface area contributed by atoms with Gasteiger partial charge >= 0.3 is 6.36 Å². The number of hydrogen-bond acceptors (Lipinski definition) is 7. The molecule has 0 aliphatic carbocycles. The van der Waals surface area contributed by atoms with E-state index in [2.05, 4.69) is 15.2 Å². The molecule has 9 nitrogen and oxygen atoms in total. The maximum absolute atomic E-state index is 13.5. The minimum Gasteiger partial charge on any atom is -0.406 e. The quantitative estimate of drug-likeness (QED) is 0.370. The van der Waals surface area contributed by atoms with E-state index in [1.54, 1.807) is 31.2 Å². The molecule has 3 aromatic carbocycles. The first-order valence-electron chi connectivity index (χ1n) is 13.1. The van der Waals surface area contributed by atoms with Gasteiger partial charge in [-0.05, 0) is 55.0 Å². The van der Waals surface area contributed by atoms with Gasteiger partial charge in [-0.15, -0.1) is 13.2 Å². The summed E-state index contributed by atoms with van der Waals surface area (Å²) in [6.07, 6.45) is -6.27. The summed E-state index contributed by atoms with van der Waals surface area (Å²) in [7, 11) is 5.71. The molecule has 0 saturated carbocycles. The number of anilines is 3. The Hall–Kier alpha value is -4.58. The molecule has 0 fully saturated rings. The number of nitrogens with one attached hydrogen (secondary N) is 1. The largest absolute Gasteiger partial charge is 0.573 e. The van der Waals surface area contributed by atoms with Crippen LogP contribution in [0.3, 0.4) is 0 Å². The summed E-state index contributed by atoms with van der Waals surface area (Å²) in [5.74, 6) is -1.65. The zero-order valence-corrected chi connectivity index (χ0v) is 23.6. The smallest absolute Gasteiger partial charge is 0.406 e. The first-order chi connectivity index (χ1) is 19.8. The average molecular weight is 584 g/mol. The van der Waals surface area contributed by atoms with Crippen LogP contribution in [0, 0.1) is 0 Å². The maximum Gasteiger partial charge on any atom is 0.573 e. The summed E-state index contributed by atoms with van der Waals surface area (Å²) >= 11 is 0. The molecular formula is C30H32F3N5O4. The van der Waals surface area contributed by atoms with Crippen molar-refractivity contribution in [2.75, 3.05) is 42.5 Å². The number of aliphatic hydroxyl groups is 1. The summed E-state index contributed by atoms with van der Waals surface area (Å²) in [5.41, 5.74) is 1.30. The third-order valence-corrected chi connectivity index (χ3v) is 7.00. The normalized spacial score (nSPS) is 15.5. The molecule has 42 heavy (non-hydrogen) atoms. The fraction of sp³-hybridized carbons (Fsp3) is 0.300. The Kier molecular flexibility index (Phi) is 8.76. The van der Waals surface area contributed by atoms with Crippen molar-refractivity contribution in [3.05, 3.63) is 84.4 Å². The second-order valence-corrected chi connectivity index (χ2v) is 10.3. The Morgan fingerprint density at radius 3 is 2.29 bits per heavy atom. The fourth-order valence-electron chi connectivity index (χ4n) is 4.54. The summed E-state index contributed by atoms with van der Waals surface area (Å²) < 4.78 is 41.3. The lowest BCUT2D eigenvalue weighted by Crippen LogP contribution is -2.56. The summed E-state index contributed by atoms with van der Waals surface area (Å²) in [5, 5.41) is 19.5. The molecule has 0 saturated heterocycles. The number of ether oxygens (including phenoxy) is 1. The van der Waals surface area contributed by atoms with Crippen LogP contribution < -0.4 is 24.9 Å². The van der Waals surface area contributed by atoms with E-state index in [4.69, 9.17) is 0 Å². The highest BCUT2D eigenvalue weighted by Gasteiger charge is 2.40. The number of hydrazone groups is 1. The van der Waals surface area contributed by atoms with E-state index in [0.717, 1.165) is 28.5 Å². The third-order valence-electron chi connectivity index (χ3n) is 7.00. The Morgan fingerprint density at radius 2 is 1.67 bits per heavy atom. The second-order valence-electron chi connectivity index (χ2n) is 10.3. The lowest BCUT2D eigenvalue weighted by molar-refractivity contribution is -0.274. The number of amides is 2. The molecule has 4 rings (SSSR count). The van der Waals surface area contributed by atoms with Gasteiger partial charge in [-0.1, -0.05) is 36.4 Å². The van der Waals surface area contributed by atoms with Crippen LogP contribution in [0.2, 0.25) is 0 Å². The minimum absolute atomic E-state index is 0.1000. The van der Waals surface area contributed by atoms with Crippen LogP contribution in [0.15, 0.2) is 84.0 Å². The lowest BCUT2D eigenvalue weighted by Gasteiger charge is -2.38. The van der Waals surface area contributed by atoms with Gasteiger partial charge in [0.1, 0.15) is 11.5 Å². The van der Waals surface area contributed by atoms with Crippen molar-refractivity contribution in [2.45, 2.75) is 31.3 Å². The number of aliphatic hydroxyl groups excluding tert-OH is 1. The Labute approximate surface area is 241 Å². The van der Waals surface area contributed by atoms with Crippen molar-refractivity contribution in [1.29, 1.82) is 0 Å². The molecule has 0 radical (unpaired) electrons. The molecule has 1 aliphatic rings. The van der Waals surface area contributed by atoms with Crippen molar-refractivity contribution >= 4 is 34.6 Å². The van der Waals surface area contributed by atoms with Crippen LogP contribution in [0.5, 0.6) is 5.75 Å². The maximum atomic E-state index is 13.5. The zero-order valence-electron chi connectivity index (χ0n) is 23.6. The number of rotatable bonds is 10. The molecule has 1 heterocycles. The zero-order chi connectivity index (χ0) is 30.7. The van der Waals surface area contributed by atoms with Gasteiger partial charge in [0, 0.05) is 39.1 Å². The van der Waals surface area contributed by atoms with Crippen LogP contribution in [0.25, 0.3) is 0 Å². The monoisotopic (exact) mass is 583 g/mol. The molecule has 2 N–H and O–H groups in total. The molecule has 222 valence electrons. The average Bonchev–Trinajstić information content (AvgIpc) is 3.34. The molecule has 3 aromatic rings. The van der Waals surface area contributed by atoms with E-state index in [9.17, 15) is 27.9 Å². The van der Waals surface area contributed by atoms with Gasteiger partial charge in [0.15, 0.2) is 0 Å². The third kappa shape index (κ3) is 7.00. The predicted molar refractivity (Wildman–Crippen MR) is 155 cm³/mol. The second kappa shape index (κ2) is 12.1. The van der Waals surface area contributed by atoms with E-state index >= 15 is 0 Å². The number of hydrogen-bond donors (Lipinski definition) is 2. The van der Waals surface area contributed by atoms with Crippen LogP contribution >= 0.6 is 0 Å². The molecular weight excluding hydrogens is 551 g/mol. The molecule has 0 spiro atoms. The predicted octanol–water partition coefficient (Wildman–Crippen LogP) is 4.27. The summed E-state index contributed by atoms with van der Waals surface area (Å²) in [4.78, 5) is 30.0. The van der Waals surface area contributed by atoms with Gasteiger partial charge in [0.2, 0.25) is 0 Å². The fourth-order valence-corrected chi connectivity index (χ4v) is 4.54. The highest BCUT2D eigenvalue weighted by atomic mass is 19.4. The molecule has 0 bridgehead atoms. The first-order valence-corrected chi connectivity index (χ1v) is 13.1. The number of halogens is 3. The van der Waals surface area contributed by atoms with Crippen molar-refractivity contribution in [2.24, 2.45) is 5.10 Å². The Balaban J connectivity index is 1.54. The lowest BCUT2D eigenvalue weighted by atomic mass is 9.85. The van der Waals surface area contributed by atoms with Crippen LogP contribution in [-0.2, 0) is 15.1 Å². The van der Waals surface area contributed by atoms with Crippen molar-refractivity contribution < 1.29 is 32.6 Å². The molecule has 1 aliphatic heterocycles. The number of benzene rings is 3. The van der Waals surface area contributed by atoms with Crippen molar-refractivity contribution in [1.82, 2.24) is 5.32 Å². The topological polar surface area (TPSA) is 97.7 Å². The van der Waals surface area contributed by atoms with Gasteiger partial charge in [-0.3, -0.25) is 9.59 Å². The number of likely N-dealkylation sites (N-methyl/N-ethyl adjacent to an activating group) is 1. The molecule has 2 amide bonds. The van der Waals surface area contributed by atoms with Crippen LogP contribution in [0.1, 0.15) is 18.9 Å². The molecule has 0 aromatic heterocycles. The number of nitrogens with zero attached hydrogens (tertiary/aromatic N) is 4. The first kappa shape index (κ1) is 30.4. The van der Waals surface area contributed by atoms with Gasteiger partial charge in [0.05, 0.1) is 23.8 Å². The van der Waals surface area contributed by atoms with Crippen molar-refractivity contribution in [3.63, 3.8) is 0 Å². The van der Waals surface area contributed by atoms with E-state index in [1.165, 1.54) is 12.1 Å². The van der Waals surface area contributed by atoms with Crippen molar-refractivity contribution in [3.8, 4) is 5.75 Å². The molecule has 2 atom stereocenters. The SMILES string of the molecule is CN(C)c1cccc(N(C)C[C@@H](O)[C@@](C)(NC(=O)C2=NN(c3ccc(OC(F)(F)F)cc3)C(=O)C2)c2ccccc2)c1. The van der Waals surface area contributed by atoms with Crippen LogP contribution in [-0.4, -0.2) is 62.8 Å². The van der Waals surface area contributed by atoms with E-state index in [1.807, 2.05) is 61.3 Å². The molecule has 12 heteroatoms. The van der Waals surface area contributed by atoms with Gasteiger partial charge in [0.25, 0.3) is 11.8 Å². The van der Waals surface area contributed by atoms with Gasteiger partial charge < -0.3 is 25.0 Å². The summed E-state index contributed by atoms with van der Waals surface area (Å²) in [6, 6.07) is 21.4. The van der Waals surface area contributed by atoms with Crippen LogP contribution in [0.4, 0.5) is 30.2 Å². The number of alkyl halides is 3.